The van der Waals surface area contributed by atoms with E-state index >= 15 is 0 Å². The van der Waals surface area contributed by atoms with E-state index in [1.807, 2.05) is 30.3 Å². The van der Waals surface area contributed by atoms with Crippen LogP contribution >= 0.6 is 0 Å². The minimum absolute atomic E-state index is 0.0517. The Labute approximate surface area is 149 Å². The van der Waals surface area contributed by atoms with Gasteiger partial charge in [0.05, 0.1) is 6.07 Å². The summed E-state index contributed by atoms with van der Waals surface area (Å²) in [5, 5.41) is 11.3. The van der Waals surface area contributed by atoms with Crippen molar-refractivity contribution in [3.05, 3.63) is 29.8 Å². The third kappa shape index (κ3) is 4.01. The van der Waals surface area contributed by atoms with Gasteiger partial charge in [-0.1, -0.05) is 50.3 Å². The van der Waals surface area contributed by atoms with Crippen molar-refractivity contribution in [1.29, 1.82) is 5.26 Å². The number of nitriles is 1. The number of anilines is 1. The smallest absolute Gasteiger partial charge is 0.239 e. The second-order valence-electron chi connectivity index (χ2n) is 7.04. The van der Waals surface area contributed by atoms with Crippen molar-refractivity contribution in [2.75, 3.05) is 18.0 Å². The molecular formula is C20H25N3O2. The Morgan fingerprint density at radius 2 is 2.00 bits per heavy atom. The van der Waals surface area contributed by atoms with Gasteiger partial charge in [-0.15, -0.1) is 0 Å². The molecule has 1 heterocycles. The zero-order chi connectivity index (χ0) is 17.6. The minimum Gasteiger partial charge on any atom is -0.342 e. The van der Waals surface area contributed by atoms with Gasteiger partial charge < -0.3 is 10.2 Å². The molecule has 132 valence electrons. The van der Waals surface area contributed by atoms with Gasteiger partial charge in [-0.25, -0.2) is 0 Å². The summed E-state index contributed by atoms with van der Waals surface area (Å²) in [6, 6.07) is 9.82. The van der Waals surface area contributed by atoms with E-state index in [-0.39, 0.29) is 18.4 Å². The van der Waals surface area contributed by atoms with Crippen LogP contribution in [0.5, 0.6) is 0 Å². The van der Waals surface area contributed by atoms with Crippen LogP contribution in [0.4, 0.5) is 5.69 Å². The Kier molecular flexibility index (Phi) is 5.70. The molecule has 25 heavy (non-hydrogen) atoms. The lowest BCUT2D eigenvalue weighted by Gasteiger charge is -2.28. The standard InChI is InChI=1S/C20H25N3O2/c21-11-12-22-19(24)17(14-15-6-2-1-3-7-15)20(25)23-13-10-16-8-4-5-9-18(16)23/h4-5,8-9,15,17H,1-3,6-7,10,12-14H2,(H,22,24). The first-order valence-corrected chi connectivity index (χ1v) is 9.24. The molecule has 2 amide bonds. The number of nitrogens with one attached hydrogen (secondary N) is 1. The van der Waals surface area contributed by atoms with Crippen molar-refractivity contribution in [2.24, 2.45) is 11.8 Å². The Balaban J connectivity index is 1.77. The van der Waals surface area contributed by atoms with Crippen LogP contribution in [0, 0.1) is 23.2 Å². The molecule has 1 aliphatic heterocycles. The normalized spacial score (nSPS) is 18.3. The van der Waals surface area contributed by atoms with E-state index in [4.69, 9.17) is 5.26 Å². The fraction of sp³-hybridized carbons (Fsp3) is 0.550. The van der Waals surface area contributed by atoms with Gasteiger partial charge in [0.15, 0.2) is 0 Å². The molecule has 1 atom stereocenters. The highest BCUT2D eigenvalue weighted by Crippen LogP contribution is 2.33. The zero-order valence-electron chi connectivity index (χ0n) is 14.5. The maximum Gasteiger partial charge on any atom is 0.239 e. The predicted molar refractivity (Wildman–Crippen MR) is 95.8 cm³/mol. The number of carbonyl (C=O) groups excluding carboxylic acids is 2. The highest BCUT2D eigenvalue weighted by Gasteiger charge is 2.36. The highest BCUT2D eigenvalue weighted by atomic mass is 16.2. The van der Waals surface area contributed by atoms with E-state index in [9.17, 15) is 9.59 Å². The van der Waals surface area contributed by atoms with Crippen molar-refractivity contribution in [1.82, 2.24) is 5.32 Å². The summed E-state index contributed by atoms with van der Waals surface area (Å²) < 4.78 is 0. The lowest BCUT2D eigenvalue weighted by atomic mass is 9.82. The minimum atomic E-state index is -0.692. The molecule has 1 saturated carbocycles. The van der Waals surface area contributed by atoms with Gasteiger partial charge in [0.25, 0.3) is 0 Å². The van der Waals surface area contributed by atoms with E-state index in [2.05, 4.69) is 5.32 Å². The van der Waals surface area contributed by atoms with Gasteiger partial charge in [0.1, 0.15) is 12.5 Å². The first-order chi connectivity index (χ1) is 12.2. The molecule has 0 radical (unpaired) electrons. The van der Waals surface area contributed by atoms with Gasteiger partial charge in [-0.3, -0.25) is 9.59 Å². The number of para-hydroxylation sites is 1. The monoisotopic (exact) mass is 339 g/mol. The molecule has 0 saturated heterocycles. The SMILES string of the molecule is N#CCNC(=O)C(CC1CCCCC1)C(=O)N1CCc2ccccc21. The molecule has 1 unspecified atom stereocenters. The summed E-state index contributed by atoms with van der Waals surface area (Å²) in [6.45, 7) is 0.578. The molecule has 5 nitrogen and oxygen atoms in total. The number of rotatable bonds is 5. The molecule has 1 N–H and O–H groups in total. The third-order valence-corrected chi connectivity index (χ3v) is 5.40. The number of hydrogen-bond acceptors (Lipinski definition) is 3. The Hall–Kier alpha value is -2.35. The Bertz CT molecular complexity index is 674. The first-order valence-electron chi connectivity index (χ1n) is 9.24. The summed E-state index contributed by atoms with van der Waals surface area (Å²) in [6.07, 6.45) is 7.20. The van der Waals surface area contributed by atoms with Crippen LogP contribution < -0.4 is 10.2 Å². The van der Waals surface area contributed by atoms with E-state index in [1.165, 1.54) is 19.3 Å². The van der Waals surface area contributed by atoms with Crippen LogP contribution in [0.3, 0.4) is 0 Å². The van der Waals surface area contributed by atoms with Crippen molar-refractivity contribution in [3.63, 3.8) is 0 Å². The summed E-state index contributed by atoms with van der Waals surface area (Å²) in [7, 11) is 0. The molecule has 5 heteroatoms. The number of amides is 2. The third-order valence-electron chi connectivity index (χ3n) is 5.40. The van der Waals surface area contributed by atoms with Gasteiger partial charge in [-0.05, 0) is 30.4 Å². The van der Waals surface area contributed by atoms with Crippen LogP contribution in [0.25, 0.3) is 0 Å². The van der Waals surface area contributed by atoms with Crippen LogP contribution in [-0.2, 0) is 16.0 Å². The van der Waals surface area contributed by atoms with E-state index < -0.39 is 5.92 Å². The van der Waals surface area contributed by atoms with Crippen molar-refractivity contribution >= 4 is 17.5 Å². The molecule has 3 rings (SSSR count). The Morgan fingerprint density at radius 1 is 1.24 bits per heavy atom. The van der Waals surface area contributed by atoms with E-state index in [1.54, 1.807) is 4.90 Å². The van der Waals surface area contributed by atoms with Crippen molar-refractivity contribution < 1.29 is 9.59 Å². The average molecular weight is 339 g/mol. The summed E-state index contributed by atoms with van der Waals surface area (Å²) >= 11 is 0. The molecule has 0 aromatic heterocycles. The number of benzene rings is 1. The van der Waals surface area contributed by atoms with E-state index in [0.29, 0.717) is 18.9 Å². The fourth-order valence-corrected chi connectivity index (χ4v) is 4.08. The predicted octanol–water partition coefficient (Wildman–Crippen LogP) is 2.80. The first kappa shape index (κ1) is 17.5. The molecule has 0 spiro atoms. The molecule has 1 aromatic carbocycles. The Morgan fingerprint density at radius 3 is 2.76 bits per heavy atom. The van der Waals surface area contributed by atoms with Crippen LogP contribution in [0.15, 0.2) is 24.3 Å². The van der Waals surface area contributed by atoms with Gasteiger partial charge >= 0.3 is 0 Å². The number of carbonyl (C=O) groups is 2. The largest absolute Gasteiger partial charge is 0.342 e. The van der Waals surface area contributed by atoms with Crippen LogP contribution in [-0.4, -0.2) is 24.9 Å². The number of nitrogens with zero attached hydrogens (tertiary/aromatic N) is 2. The van der Waals surface area contributed by atoms with Crippen LogP contribution in [0.1, 0.15) is 44.1 Å². The lowest BCUT2D eigenvalue weighted by molar-refractivity contribution is -0.134. The molecule has 1 aromatic rings. The molecule has 2 aliphatic rings. The molecule has 0 bridgehead atoms. The molecule has 1 aliphatic carbocycles. The second-order valence-corrected chi connectivity index (χ2v) is 7.04. The maximum absolute atomic E-state index is 13.2. The summed E-state index contributed by atoms with van der Waals surface area (Å²) in [5.74, 6) is -0.691. The van der Waals surface area contributed by atoms with E-state index in [0.717, 1.165) is 30.5 Å². The quantitative estimate of drug-likeness (QED) is 0.662. The zero-order valence-corrected chi connectivity index (χ0v) is 14.5. The maximum atomic E-state index is 13.2. The molecular weight excluding hydrogens is 314 g/mol. The number of hydrogen-bond donors (Lipinski definition) is 1. The summed E-state index contributed by atoms with van der Waals surface area (Å²) in [5.41, 5.74) is 2.08. The topological polar surface area (TPSA) is 73.2 Å². The van der Waals surface area contributed by atoms with Gasteiger partial charge in [-0.2, -0.15) is 5.26 Å². The van der Waals surface area contributed by atoms with Crippen molar-refractivity contribution in [2.45, 2.75) is 44.9 Å². The average Bonchev–Trinajstić information content (AvgIpc) is 3.08. The summed E-state index contributed by atoms with van der Waals surface area (Å²) in [4.78, 5) is 27.5. The fourth-order valence-electron chi connectivity index (χ4n) is 4.08. The van der Waals surface area contributed by atoms with Crippen molar-refractivity contribution in [3.8, 4) is 6.07 Å². The highest BCUT2D eigenvalue weighted by molar-refractivity contribution is 6.08. The molecule has 1 fully saturated rings. The van der Waals surface area contributed by atoms with Gasteiger partial charge in [0.2, 0.25) is 11.8 Å². The number of fused-ring (bicyclic) bond motifs is 1. The van der Waals surface area contributed by atoms with Crippen LogP contribution in [0.2, 0.25) is 0 Å². The lowest BCUT2D eigenvalue weighted by Crippen LogP contribution is -2.44. The second kappa shape index (κ2) is 8.15. The van der Waals surface area contributed by atoms with Gasteiger partial charge in [0, 0.05) is 12.2 Å².